The summed E-state index contributed by atoms with van der Waals surface area (Å²) in [5.41, 5.74) is 5.78. The molecule has 0 spiro atoms. The number of ether oxygens (including phenoxy) is 2. The van der Waals surface area contributed by atoms with Crippen LogP contribution in [-0.4, -0.2) is 60.6 Å². The number of hydroxylamine groups is 1. The van der Waals surface area contributed by atoms with Crippen molar-refractivity contribution >= 4 is 24.1 Å². The zero-order valence-corrected chi connectivity index (χ0v) is 22.3. The van der Waals surface area contributed by atoms with Crippen molar-refractivity contribution in [3.63, 3.8) is 0 Å². The second-order valence-electron chi connectivity index (χ2n) is 10.1. The number of rotatable bonds is 12. The van der Waals surface area contributed by atoms with E-state index in [2.05, 4.69) is 16.1 Å². The predicted octanol–water partition coefficient (Wildman–Crippen LogP) is 3.72. The van der Waals surface area contributed by atoms with Gasteiger partial charge in [0.1, 0.15) is 18.2 Å². The van der Waals surface area contributed by atoms with Crippen LogP contribution in [0.5, 0.6) is 0 Å². The fraction of sp³-hybridized carbons (Fsp3) is 0.429. The van der Waals surface area contributed by atoms with Gasteiger partial charge in [0, 0.05) is 12.5 Å². The molecule has 1 aliphatic rings. The summed E-state index contributed by atoms with van der Waals surface area (Å²) in [7, 11) is 0. The molecular weight excluding hydrogens is 506 g/mol. The lowest BCUT2D eigenvalue weighted by atomic mass is 9.98. The van der Waals surface area contributed by atoms with E-state index in [0.29, 0.717) is 12.8 Å². The Hall–Kier alpha value is -4.12. The number of unbranched alkanes of at least 4 members (excludes halogenated alkanes) is 1. The topological polar surface area (TPSA) is 152 Å². The van der Waals surface area contributed by atoms with Crippen LogP contribution in [0.4, 0.5) is 9.59 Å². The highest BCUT2D eigenvalue weighted by Gasteiger charge is 2.29. The highest BCUT2D eigenvalue weighted by atomic mass is 16.7. The number of alkyl carbamates (subject to hydrolysis) is 1. The van der Waals surface area contributed by atoms with E-state index in [1.807, 2.05) is 48.5 Å². The molecule has 0 aliphatic heterocycles. The Labute approximate surface area is 227 Å². The van der Waals surface area contributed by atoms with Gasteiger partial charge >= 0.3 is 18.2 Å². The van der Waals surface area contributed by atoms with Crippen LogP contribution in [0.2, 0.25) is 0 Å². The average molecular weight is 542 g/mol. The first-order valence-corrected chi connectivity index (χ1v) is 12.8. The van der Waals surface area contributed by atoms with E-state index in [9.17, 15) is 24.3 Å². The van der Waals surface area contributed by atoms with E-state index >= 15 is 0 Å². The molecule has 2 aromatic rings. The molecule has 3 rings (SSSR count). The summed E-state index contributed by atoms with van der Waals surface area (Å²) in [5, 5.41) is 14.2. The van der Waals surface area contributed by atoms with E-state index in [1.165, 1.54) is 0 Å². The number of aliphatic carboxylic acids is 1. The van der Waals surface area contributed by atoms with Crippen LogP contribution in [-0.2, 0) is 23.9 Å². The molecule has 210 valence electrons. The van der Waals surface area contributed by atoms with Gasteiger partial charge in [-0.1, -0.05) is 48.5 Å². The van der Waals surface area contributed by atoms with Gasteiger partial charge in [-0.25, -0.2) is 14.4 Å². The number of nitrogens with one attached hydrogen (secondary N) is 3. The molecule has 0 radical (unpaired) electrons. The summed E-state index contributed by atoms with van der Waals surface area (Å²) in [6.45, 7) is 5.02. The summed E-state index contributed by atoms with van der Waals surface area (Å²) in [5.74, 6) is -1.72. The third kappa shape index (κ3) is 8.99. The minimum Gasteiger partial charge on any atom is -0.480 e. The fourth-order valence-corrected chi connectivity index (χ4v) is 4.25. The van der Waals surface area contributed by atoms with Gasteiger partial charge in [-0.05, 0) is 62.3 Å². The van der Waals surface area contributed by atoms with Gasteiger partial charge in [0.15, 0.2) is 6.61 Å². The van der Waals surface area contributed by atoms with Gasteiger partial charge < -0.3 is 25.2 Å². The van der Waals surface area contributed by atoms with Crippen molar-refractivity contribution in [1.29, 1.82) is 0 Å². The summed E-state index contributed by atoms with van der Waals surface area (Å²) in [4.78, 5) is 52.2. The molecule has 11 heteroatoms. The number of amides is 3. The van der Waals surface area contributed by atoms with Crippen LogP contribution in [0.15, 0.2) is 48.5 Å². The Morgan fingerprint density at radius 1 is 0.923 bits per heavy atom. The molecule has 0 fully saturated rings. The zero-order valence-electron chi connectivity index (χ0n) is 22.3. The average Bonchev–Trinajstić information content (AvgIpc) is 3.19. The molecule has 2 aromatic carbocycles. The Kier molecular flexibility index (Phi) is 10.3. The van der Waals surface area contributed by atoms with Crippen molar-refractivity contribution in [2.45, 2.75) is 57.6 Å². The van der Waals surface area contributed by atoms with E-state index in [-0.39, 0.29) is 25.5 Å². The number of hydrogen-bond acceptors (Lipinski definition) is 7. The van der Waals surface area contributed by atoms with Crippen molar-refractivity contribution in [3.8, 4) is 11.1 Å². The van der Waals surface area contributed by atoms with E-state index in [0.717, 1.165) is 22.3 Å². The summed E-state index contributed by atoms with van der Waals surface area (Å²) < 4.78 is 10.4. The third-order valence-electron chi connectivity index (χ3n) is 5.93. The lowest BCUT2D eigenvalue weighted by Gasteiger charge is -2.22. The molecule has 3 amide bonds. The number of carboxylic acid groups (broad SMARTS) is 1. The van der Waals surface area contributed by atoms with Crippen LogP contribution in [0.25, 0.3) is 11.1 Å². The minimum atomic E-state index is -1.17. The number of hydrogen-bond donors (Lipinski definition) is 4. The summed E-state index contributed by atoms with van der Waals surface area (Å²) in [6, 6.07) is 14.9. The SMILES string of the molecule is CC(C)(C)OC(=O)N[C@@H](CCCCNC(=O)CONC(=O)OCC1c2ccccc2-c2ccccc21)C(=O)O. The maximum absolute atomic E-state index is 12.1. The largest absolute Gasteiger partial charge is 0.480 e. The van der Waals surface area contributed by atoms with E-state index in [1.54, 1.807) is 20.8 Å². The Morgan fingerprint density at radius 3 is 2.13 bits per heavy atom. The molecule has 0 saturated heterocycles. The lowest BCUT2D eigenvalue weighted by Crippen LogP contribution is -2.43. The molecule has 0 saturated carbocycles. The first kappa shape index (κ1) is 29.4. The number of benzene rings is 2. The standard InChI is InChI=1S/C28H35N3O8/c1-28(2,3)39-26(35)30-23(25(33)34)14-8-9-15-29-24(32)17-38-31-27(36)37-16-22-20-12-6-4-10-18(20)19-11-5-7-13-21(19)22/h4-7,10-13,22-23H,8-9,14-17H2,1-3H3,(H,29,32)(H,30,35)(H,31,36)(H,33,34)/t23-/m0/s1. The number of carboxylic acids is 1. The first-order valence-electron chi connectivity index (χ1n) is 12.8. The van der Waals surface area contributed by atoms with Crippen molar-refractivity contribution in [1.82, 2.24) is 16.1 Å². The van der Waals surface area contributed by atoms with Crippen LogP contribution in [0, 0.1) is 0 Å². The molecule has 11 nitrogen and oxygen atoms in total. The molecule has 0 unspecified atom stereocenters. The Morgan fingerprint density at radius 2 is 1.54 bits per heavy atom. The Bertz CT molecular complexity index is 1130. The van der Waals surface area contributed by atoms with E-state index < -0.39 is 42.3 Å². The van der Waals surface area contributed by atoms with Crippen LogP contribution < -0.4 is 16.1 Å². The third-order valence-corrected chi connectivity index (χ3v) is 5.93. The van der Waals surface area contributed by atoms with Gasteiger partial charge in [0.2, 0.25) is 5.91 Å². The fourth-order valence-electron chi connectivity index (χ4n) is 4.25. The monoisotopic (exact) mass is 541 g/mol. The highest BCUT2D eigenvalue weighted by molar-refractivity contribution is 5.80. The molecule has 1 atom stereocenters. The van der Waals surface area contributed by atoms with Crippen molar-refractivity contribution in [2.75, 3.05) is 19.8 Å². The Balaban J connectivity index is 1.30. The summed E-state index contributed by atoms with van der Waals surface area (Å²) >= 11 is 0. The quantitative estimate of drug-likeness (QED) is 0.234. The second kappa shape index (κ2) is 13.6. The minimum absolute atomic E-state index is 0.0912. The molecule has 1 aliphatic carbocycles. The second-order valence-corrected chi connectivity index (χ2v) is 10.1. The zero-order chi connectivity index (χ0) is 28.4. The molecular formula is C28H35N3O8. The van der Waals surface area contributed by atoms with E-state index in [4.69, 9.17) is 14.3 Å². The number of carbonyl (C=O) groups excluding carboxylic acids is 3. The molecule has 0 aromatic heterocycles. The highest BCUT2D eigenvalue weighted by Crippen LogP contribution is 2.44. The van der Waals surface area contributed by atoms with Crippen LogP contribution >= 0.6 is 0 Å². The van der Waals surface area contributed by atoms with Gasteiger partial charge in [-0.2, -0.15) is 5.48 Å². The molecule has 0 bridgehead atoms. The predicted molar refractivity (Wildman–Crippen MR) is 142 cm³/mol. The summed E-state index contributed by atoms with van der Waals surface area (Å²) in [6.07, 6.45) is -0.521. The first-order chi connectivity index (χ1) is 18.5. The van der Waals surface area contributed by atoms with Gasteiger partial charge in [-0.3, -0.25) is 9.63 Å². The number of carbonyl (C=O) groups is 4. The maximum Gasteiger partial charge on any atom is 0.431 e. The normalized spacial score (nSPS) is 13.0. The smallest absolute Gasteiger partial charge is 0.431 e. The number of fused-ring (bicyclic) bond motifs is 3. The molecule has 39 heavy (non-hydrogen) atoms. The van der Waals surface area contributed by atoms with Gasteiger partial charge in [0.25, 0.3) is 0 Å². The molecule has 4 N–H and O–H groups in total. The van der Waals surface area contributed by atoms with Gasteiger partial charge in [0.05, 0.1) is 0 Å². The van der Waals surface area contributed by atoms with Crippen molar-refractivity contribution < 1.29 is 38.6 Å². The lowest BCUT2D eigenvalue weighted by molar-refractivity contribution is -0.139. The van der Waals surface area contributed by atoms with Crippen molar-refractivity contribution in [2.24, 2.45) is 0 Å². The van der Waals surface area contributed by atoms with Crippen LogP contribution in [0.1, 0.15) is 57.1 Å². The van der Waals surface area contributed by atoms with Gasteiger partial charge in [-0.15, -0.1) is 0 Å². The molecule has 0 heterocycles. The maximum atomic E-state index is 12.1. The van der Waals surface area contributed by atoms with Crippen LogP contribution in [0.3, 0.4) is 0 Å². The van der Waals surface area contributed by atoms with Crippen molar-refractivity contribution in [3.05, 3.63) is 59.7 Å².